The summed E-state index contributed by atoms with van der Waals surface area (Å²) in [5, 5.41) is 1.31. The molecule has 0 aromatic heterocycles. The second-order valence-corrected chi connectivity index (χ2v) is 6.22. The van der Waals surface area contributed by atoms with Gasteiger partial charge in [0.15, 0.2) is 0 Å². The summed E-state index contributed by atoms with van der Waals surface area (Å²) in [5.74, 6) is 0. The van der Waals surface area contributed by atoms with Crippen molar-refractivity contribution in [3.63, 3.8) is 0 Å². The van der Waals surface area contributed by atoms with Crippen LogP contribution < -0.4 is 5.73 Å². The predicted molar refractivity (Wildman–Crippen MR) is 87.5 cm³/mol. The summed E-state index contributed by atoms with van der Waals surface area (Å²) < 4.78 is 0. The first-order chi connectivity index (χ1) is 9.42. The van der Waals surface area contributed by atoms with E-state index in [2.05, 4.69) is 31.2 Å². The fourth-order valence-electron chi connectivity index (χ4n) is 2.28. The molecule has 0 spiro atoms. The van der Waals surface area contributed by atoms with E-state index in [4.69, 9.17) is 28.9 Å². The molecule has 1 nitrogen and oxygen atoms in total. The van der Waals surface area contributed by atoms with Crippen molar-refractivity contribution in [1.29, 1.82) is 0 Å². The molecule has 2 aromatic carbocycles. The van der Waals surface area contributed by atoms with Crippen LogP contribution in [0.4, 0.5) is 0 Å². The summed E-state index contributed by atoms with van der Waals surface area (Å²) in [5.41, 5.74) is 9.46. The van der Waals surface area contributed by atoms with E-state index in [1.165, 1.54) is 5.56 Å². The maximum absolute atomic E-state index is 6.48. The largest absolute Gasteiger partial charge is 0.321 e. The first-order valence-electron chi connectivity index (χ1n) is 6.74. The van der Waals surface area contributed by atoms with Crippen LogP contribution in [0.1, 0.15) is 30.5 Å². The van der Waals surface area contributed by atoms with Crippen molar-refractivity contribution < 1.29 is 0 Å². The van der Waals surface area contributed by atoms with Crippen LogP contribution in [0.3, 0.4) is 0 Å². The van der Waals surface area contributed by atoms with Gasteiger partial charge in [-0.25, -0.2) is 0 Å². The maximum Gasteiger partial charge on any atom is 0.0453 e. The Morgan fingerprint density at radius 3 is 2.25 bits per heavy atom. The van der Waals surface area contributed by atoms with Crippen LogP contribution in [0.2, 0.25) is 10.0 Å². The van der Waals surface area contributed by atoms with Gasteiger partial charge in [-0.2, -0.15) is 0 Å². The zero-order valence-electron chi connectivity index (χ0n) is 11.8. The molecule has 106 valence electrons. The predicted octanol–water partition coefficient (Wildman–Crippen LogP) is 4.97. The molecule has 0 saturated heterocycles. The van der Waals surface area contributed by atoms with Gasteiger partial charge in [0, 0.05) is 15.6 Å². The number of halogens is 2. The summed E-state index contributed by atoms with van der Waals surface area (Å²) in [6, 6.07) is 14.0. The second-order valence-electron chi connectivity index (χ2n) is 5.38. The molecular weight excluding hydrogens is 289 g/mol. The highest BCUT2D eigenvalue weighted by Crippen LogP contribution is 2.28. The number of hydrogen-bond donors (Lipinski definition) is 1. The fraction of sp³-hybridized carbons (Fsp3) is 0.294. The van der Waals surface area contributed by atoms with Crippen LogP contribution in [0.5, 0.6) is 0 Å². The molecular formula is C17H19Cl2N. The fourth-order valence-corrected chi connectivity index (χ4v) is 2.76. The van der Waals surface area contributed by atoms with E-state index in [9.17, 15) is 0 Å². The molecule has 1 unspecified atom stereocenters. The maximum atomic E-state index is 6.48. The van der Waals surface area contributed by atoms with Gasteiger partial charge in [-0.15, -0.1) is 0 Å². The molecule has 0 aliphatic carbocycles. The number of aryl methyl sites for hydroxylation is 1. The molecule has 0 bridgehead atoms. The summed E-state index contributed by atoms with van der Waals surface area (Å²) >= 11 is 12.2. The molecule has 0 radical (unpaired) electrons. The van der Waals surface area contributed by atoms with Crippen LogP contribution in [-0.2, 0) is 18.4 Å². The van der Waals surface area contributed by atoms with Crippen LogP contribution in [0.25, 0.3) is 0 Å². The standard InChI is InChI=1S/C17H19Cl2N/c1-3-12-4-7-14(8-5-12)17(2,20)11-13-6-9-15(18)10-16(13)19/h4-10H,3,11,20H2,1-2H3. The van der Waals surface area contributed by atoms with E-state index in [1.807, 2.05) is 19.1 Å². The minimum Gasteiger partial charge on any atom is -0.321 e. The monoisotopic (exact) mass is 307 g/mol. The van der Waals surface area contributed by atoms with Gasteiger partial charge in [0.25, 0.3) is 0 Å². The Morgan fingerprint density at radius 2 is 1.70 bits per heavy atom. The zero-order chi connectivity index (χ0) is 14.8. The van der Waals surface area contributed by atoms with Crippen LogP contribution in [-0.4, -0.2) is 0 Å². The smallest absolute Gasteiger partial charge is 0.0453 e. The number of nitrogens with two attached hydrogens (primary N) is 1. The average molecular weight is 308 g/mol. The number of rotatable bonds is 4. The molecule has 3 heteroatoms. The third-order valence-electron chi connectivity index (χ3n) is 3.59. The van der Waals surface area contributed by atoms with Gasteiger partial charge in [0.2, 0.25) is 0 Å². The second kappa shape index (κ2) is 6.17. The minimum absolute atomic E-state index is 0.455. The van der Waals surface area contributed by atoms with E-state index in [0.29, 0.717) is 16.5 Å². The SMILES string of the molecule is CCc1ccc(C(C)(N)Cc2ccc(Cl)cc2Cl)cc1. The van der Waals surface area contributed by atoms with Gasteiger partial charge in [-0.3, -0.25) is 0 Å². The summed E-state index contributed by atoms with van der Waals surface area (Å²) in [4.78, 5) is 0. The number of hydrogen-bond acceptors (Lipinski definition) is 1. The van der Waals surface area contributed by atoms with E-state index < -0.39 is 5.54 Å². The molecule has 0 heterocycles. The summed E-state index contributed by atoms with van der Waals surface area (Å²) in [7, 11) is 0. The van der Waals surface area contributed by atoms with E-state index in [-0.39, 0.29) is 0 Å². The van der Waals surface area contributed by atoms with Gasteiger partial charge in [-0.05, 0) is 48.6 Å². The molecule has 0 aliphatic rings. The lowest BCUT2D eigenvalue weighted by Gasteiger charge is -2.26. The highest BCUT2D eigenvalue weighted by atomic mass is 35.5. The van der Waals surface area contributed by atoms with Crippen molar-refractivity contribution in [1.82, 2.24) is 0 Å². The van der Waals surface area contributed by atoms with Crippen molar-refractivity contribution >= 4 is 23.2 Å². The molecule has 2 aromatic rings. The molecule has 20 heavy (non-hydrogen) atoms. The molecule has 2 N–H and O–H groups in total. The van der Waals surface area contributed by atoms with Crippen LogP contribution >= 0.6 is 23.2 Å². The Morgan fingerprint density at radius 1 is 1.05 bits per heavy atom. The van der Waals surface area contributed by atoms with Gasteiger partial charge >= 0.3 is 0 Å². The van der Waals surface area contributed by atoms with E-state index >= 15 is 0 Å². The molecule has 2 rings (SSSR count). The molecule has 1 atom stereocenters. The van der Waals surface area contributed by atoms with Crippen molar-refractivity contribution in [3.8, 4) is 0 Å². The van der Waals surface area contributed by atoms with Crippen molar-refractivity contribution in [3.05, 3.63) is 69.2 Å². The Kier molecular flexibility index (Phi) is 4.74. The minimum atomic E-state index is -0.455. The molecule has 0 saturated carbocycles. The highest BCUT2D eigenvalue weighted by molar-refractivity contribution is 6.35. The topological polar surface area (TPSA) is 26.0 Å². The van der Waals surface area contributed by atoms with Gasteiger partial charge in [0.05, 0.1) is 0 Å². The summed E-state index contributed by atoms with van der Waals surface area (Å²) in [6.45, 7) is 4.17. The van der Waals surface area contributed by atoms with Crippen LogP contribution in [0, 0.1) is 0 Å². The zero-order valence-corrected chi connectivity index (χ0v) is 13.3. The lowest BCUT2D eigenvalue weighted by molar-refractivity contribution is 0.491. The molecule has 0 aliphatic heterocycles. The lowest BCUT2D eigenvalue weighted by Crippen LogP contribution is -2.35. The van der Waals surface area contributed by atoms with Gasteiger partial charge in [0.1, 0.15) is 0 Å². The third kappa shape index (κ3) is 3.54. The average Bonchev–Trinajstić information content (AvgIpc) is 2.42. The van der Waals surface area contributed by atoms with Gasteiger partial charge in [-0.1, -0.05) is 60.5 Å². The molecule has 0 fully saturated rings. The Bertz CT molecular complexity index is 588. The van der Waals surface area contributed by atoms with Crippen LogP contribution in [0.15, 0.2) is 42.5 Å². The quantitative estimate of drug-likeness (QED) is 0.847. The number of benzene rings is 2. The summed E-state index contributed by atoms with van der Waals surface area (Å²) in [6.07, 6.45) is 1.71. The first-order valence-corrected chi connectivity index (χ1v) is 7.50. The Labute approximate surface area is 130 Å². The Hall–Kier alpha value is -1.02. The van der Waals surface area contributed by atoms with Crippen molar-refractivity contribution in [2.75, 3.05) is 0 Å². The Balaban J connectivity index is 2.25. The lowest BCUT2D eigenvalue weighted by atomic mass is 9.86. The van der Waals surface area contributed by atoms with Crippen molar-refractivity contribution in [2.45, 2.75) is 32.2 Å². The molecule has 0 amide bonds. The third-order valence-corrected chi connectivity index (χ3v) is 4.18. The van der Waals surface area contributed by atoms with E-state index in [1.54, 1.807) is 6.07 Å². The first kappa shape index (κ1) is 15.4. The van der Waals surface area contributed by atoms with Crippen molar-refractivity contribution in [2.24, 2.45) is 5.73 Å². The van der Waals surface area contributed by atoms with E-state index in [0.717, 1.165) is 17.5 Å². The highest BCUT2D eigenvalue weighted by Gasteiger charge is 2.22. The van der Waals surface area contributed by atoms with Gasteiger partial charge < -0.3 is 5.73 Å². The normalized spacial score (nSPS) is 14.1.